The van der Waals surface area contributed by atoms with Crippen LogP contribution in [0.25, 0.3) is 0 Å². The van der Waals surface area contributed by atoms with Crippen molar-refractivity contribution in [2.75, 3.05) is 19.6 Å². The number of carbonyl (C=O) groups is 1. The highest BCUT2D eigenvalue weighted by atomic mass is 16.2. The van der Waals surface area contributed by atoms with Crippen LogP contribution in [0.4, 0.5) is 4.79 Å². The van der Waals surface area contributed by atoms with Crippen molar-refractivity contribution in [2.45, 2.75) is 38.6 Å². The van der Waals surface area contributed by atoms with Crippen LogP contribution in [0.3, 0.4) is 0 Å². The van der Waals surface area contributed by atoms with Crippen molar-refractivity contribution >= 4 is 6.03 Å². The van der Waals surface area contributed by atoms with Crippen LogP contribution >= 0.6 is 0 Å². The van der Waals surface area contributed by atoms with E-state index in [1.165, 1.54) is 6.42 Å². The van der Waals surface area contributed by atoms with Gasteiger partial charge in [0, 0.05) is 19.1 Å². The van der Waals surface area contributed by atoms with Crippen LogP contribution in [-0.4, -0.2) is 31.7 Å². The summed E-state index contributed by atoms with van der Waals surface area (Å²) in [7, 11) is 0. The first-order valence-corrected chi connectivity index (χ1v) is 5.58. The van der Waals surface area contributed by atoms with Crippen molar-refractivity contribution in [3.8, 4) is 0 Å². The zero-order valence-electron chi connectivity index (χ0n) is 8.94. The number of nitrogens with one attached hydrogen (secondary N) is 3. The molecule has 0 aromatic heterocycles. The Morgan fingerprint density at radius 3 is 2.64 bits per heavy atom. The number of carbonyl (C=O) groups excluding carboxylic acids is 1. The zero-order chi connectivity index (χ0) is 10.2. The number of urea groups is 1. The Morgan fingerprint density at radius 1 is 1.29 bits per heavy atom. The maximum atomic E-state index is 11.2. The summed E-state index contributed by atoms with van der Waals surface area (Å²) in [4.78, 5) is 11.2. The molecule has 3 N–H and O–H groups in total. The summed E-state index contributed by atoms with van der Waals surface area (Å²) in [6.45, 7) is 4.71. The molecular formula is C10H21N3O. The van der Waals surface area contributed by atoms with Crippen molar-refractivity contribution in [1.29, 1.82) is 0 Å². The van der Waals surface area contributed by atoms with Crippen LogP contribution in [0, 0.1) is 0 Å². The summed E-state index contributed by atoms with van der Waals surface area (Å²) in [6, 6.07) is 0.409. The summed E-state index contributed by atoms with van der Waals surface area (Å²) in [6.07, 6.45) is 4.67. The summed E-state index contributed by atoms with van der Waals surface area (Å²) in [5.74, 6) is 0. The fraction of sp³-hybridized carbons (Fsp3) is 0.900. The van der Waals surface area contributed by atoms with Crippen LogP contribution in [-0.2, 0) is 0 Å². The normalized spacial score (nSPS) is 16.1. The average Bonchev–Trinajstić information content (AvgIpc) is 2.11. The lowest BCUT2D eigenvalue weighted by Gasteiger charge is -2.26. The van der Waals surface area contributed by atoms with E-state index in [4.69, 9.17) is 0 Å². The smallest absolute Gasteiger partial charge is 0.315 e. The monoisotopic (exact) mass is 199 g/mol. The van der Waals surface area contributed by atoms with Gasteiger partial charge in [-0.1, -0.05) is 6.92 Å². The van der Waals surface area contributed by atoms with E-state index in [0.29, 0.717) is 12.6 Å². The minimum atomic E-state index is -0.0204. The number of amides is 2. The highest BCUT2D eigenvalue weighted by Crippen LogP contribution is 2.17. The van der Waals surface area contributed by atoms with E-state index in [-0.39, 0.29) is 6.03 Å². The zero-order valence-corrected chi connectivity index (χ0v) is 8.94. The highest BCUT2D eigenvalue weighted by molar-refractivity contribution is 5.74. The first kappa shape index (κ1) is 11.3. The maximum absolute atomic E-state index is 11.2. The summed E-state index contributed by atoms with van der Waals surface area (Å²) < 4.78 is 0. The number of hydrogen-bond donors (Lipinski definition) is 3. The molecule has 4 nitrogen and oxygen atoms in total. The van der Waals surface area contributed by atoms with Crippen LogP contribution in [0.1, 0.15) is 32.6 Å². The van der Waals surface area contributed by atoms with Crippen molar-refractivity contribution in [1.82, 2.24) is 16.0 Å². The maximum Gasteiger partial charge on any atom is 0.315 e. The fourth-order valence-electron chi connectivity index (χ4n) is 1.36. The molecule has 0 aromatic carbocycles. The molecule has 4 heteroatoms. The van der Waals surface area contributed by atoms with Gasteiger partial charge in [-0.3, -0.25) is 0 Å². The molecule has 1 rings (SSSR count). The molecule has 0 aromatic rings. The fourth-order valence-corrected chi connectivity index (χ4v) is 1.36. The van der Waals surface area contributed by atoms with Gasteiger partial charge in [-0.25, -0.2) is 4.79 Å². The van der Waals surface area contributed by atoms with E-state index in [0.717, 1.165) is 32.4 Å². The molecule has 0 spiro atoms. The molecule has 0 unspecified atom stereocenters. The Kier molecular flexibility index (Phi) is 5.37. The molecule has 0 bridgehead atoms. The van der Waals surface area contributed by atoms with Gasteiger partial charge in [-0.05, 0) is 32.2 Å². The second-order valence-corrected chi connectivity index (χ2v) is 3.78. The average molecular weight is 199 g/mol. The van der Waals surface area contributed by atoms with Gasteiger partial charge in [0.05, 0.1) is 0 Å². The van der Waals surface area contributed by atoms with Crippen molar-refractivity contribution < 1.29 is 4.79 Å². The minimum Gasteiger partial charge on any atom is -0.337 e. The Bertz CT molecular complexity index is 169. The molecule has 2 amide bonds. The van der Waals surface area contributed by atoms with Crippen molar-refractivity contribution in [3.05, 3.63) is 0 Å². The lowest BCUT2D eigenvalue weighted by atomic mass is 9.93. The molecule has 0 heterocycles. The molecule has 82 valence electrons. The molecule has 1 fully saturated rings. The number of rotatable bonds is 6. The van der Waals surface area contributed by atoms with Crippen LogP contribution < -0.4 is 16.0 Å². The molecule has 0 radical (unpaired) electrons. The van der Waals surface area contributed by atoms with E-state index in [9.17, 15) is 4.79 Å². The molecule has 1 saturated carbocycles. The summed E-state index contributed by atoms with van der Waals surface area (Å²) in [5.41, 5.74) is 0. The van der Waals surface area contributed by atoms with Crippen molar-refractivity contribution in [2.24, 2.45) is 0 Å². The molecule has 0 saturated heterocycles. The second kappa shape index (κ2) is 6.65. The predicted molar refractivity (Wildman–Crippen MR) is 57.3 cm³/mol. The lowest BCUT2D eigenvalue weighted by molar-refractivity contribution is 0.228. The third kappa shape index (κ3) is 4.46. The third-order valence-electron chi connectivity index (χ3n) is 2.45. The van der Waals surface area contributed by atoms with Gasteiger partial charge >= 0.3 is 6.03 Å². The van der Waals surface area contributed by atoms with E-state index in [1.807, 2.05) is 0 Å². The van der Waals surface area contributed by atoms with Gasteiger partial charge in [-0.2, -0.15) is 0 Å². The van der Waals surface area contributed by atoms with Crippen LogP contribution in [0.2, 0.25) is 0 Å². The van der Waals surface area contributed by atoms with E-state index in [1.54, 1.807) is 0 Å². The predicted octanol–water partition coefficient (Wildman–Crippen LogP) is 0.838. The Balaban J connectivity index is 1.87. The van der Waals surface area contributed by atoms with Crippen LogP contribution in [0.15, 0.2) is 0 Å². The van der Waals surface area contributed by atoms with Gasteiger partial charge in [-0.15, -0.1) is 0 Å². The van der Waals surface area contributed by atoms with Crippen LogP contribution in [0.5, 0.6) is 0 Å². The minimum absolute atomic E-state index is 0.0204. The first-order valence-electron chi connectivity index (χ1n) is 5.58. The molecule has 0 aliphatic heterocycles. The standard InChI is InChI=1S/C10H21N3O/c1-2-6-11-7-8-12-10(14)13-9-4-3-5-9/h9,11H,2-8H2,1H3,(H2,12,13,14). The topological polar surface area (TPSA) is 53.2 Å². The quantitative estimate of drug-likeness (QED) is 0.555. The summed E-state index contributed by atoms with van der Waals surface area (Å²) in [5, 5.41) is 8.99. The summed E-state index contributed by atoms with van der Waals surface area (Å²) >= 11 is 0. The largest absolute Gasteiger partial charge is 0.337 e. The van der Waals surface area contributed by atoms with E-state index >= 15 is 0 Å². The molecular weight excluding hydrogens is 178 g/mol. The molecule has 14 heavy (non-hydrogen) atoms. The Labute approximate surface area is 85.8 Å². The van der Waals surface area contributed by atoms with Gasteiger partial charge < -0.3 is 16.0 Å². The van der Waals surface area contributed by atoms with Crippen molar-refractivity contribution in [3.63, 3.8) is 0 Å². The SMILES string of the molecule is CCCNCCNC(=O)NC1CCC1. The number of hydrogen-bond acceptors (Lipinski definition) is 2. The van der Waals surface area contributed by atoms with Gasteiger partial charge in [0.1, 0.15) is 0 Å². The second-order valence-electron chi connectivity index (χ2n) is 3.78. The van der Waals surface area contributed by atoms with Gasteiger partial charge in [0.2, 0.25) is 0 Å². The third-order valence-corrected chi connectivity index (χ3v) is 2.45. The lowest BCUT2D eigenvalue weighted by Crippen LogP contribution is -2.46. The van der Waals surface area contributed by atoms with Gasteiger partial charge in [0.15, 0.2) is 0 Å². The van der Waals surface area contributed by atoms with E-state index in [2.05, 4.69) is 22.9 Å². The van der Waals surface area contributed by atoms with Gasteiger partial charge in [0.25, 0.3) is 0 Å². The molecule has 0 atom stereocenters. The molecule has 1 aliphatic rings. The Hall–Kier alpha value is -0.770. The highest BCUT2D eigenvalue weighted by Gasteiger charge is 2.18. The molecule has 1 aliphatic carbocycles. The first-order chi connectivity index (χ1) is 6.83. The van der Waals surface area contributed by atoms with E-state index < -0.39 is 0 Å². The Morgan fingerprint density at radius 2 is 2.07 bits per heavy atom.